The number of anilines is 1. The molecule has 0 amide bonds. The van der Waals surface area contributed by atoms with Gasteiger partial charge in [0.1, 0.15) is 5.82 Å². The first kappa shape index (κ1) is 19.1. The smallest absolute Gasteiger partial charge is 0.417 e. The van der Waals surface area contributed by atoms with Crippen LogP contribution >= 0.6 is 15.9 Å². The fourth-order valence-corrected chi connectivity index (χ4v) is 3.49. The molecule has 0 saturated carbocycles. The maximum atomic E-state index is 12.4. The normalized spacial score (nSPS) is 12.0. The van der Waals surface area contributed by atoms with E-state index in [9.17, 15) is 26.4 Å². The summed E-state index contributed by atoms with van der Waals surface area (Å²) in [4.78, 5) is 15.9. The second-order valence-corrected chi connectivity index (χ2v) is 7.12. The molecule has 0 radical (unpaired) electrons. The predicted molar refractivity (Wildman–Crippen MR) is 84.3 cm³/mol. The zero-order valence-electron chi connectivity index (χ0n) is 12.0. The molecule has 1 aromatic carbocycles. The number of benzene rings is 1. The molecule has 0 aliphatic rings. The Kier molecular flexibility index (Phi) is 5.34. The first-order valence-electron chi connectivity index (χ1n) is 6.34. The predicted octanol–water partition coefficient (Wildman–Crippen LogP) is 2.87. The van der Waals surface area contributed by atoms with Crippen LogP contribution in [0.25, 0.3) is 0 Å². The topological polar surface area (TPSA) is 108 Å². The Hall–Kier alpha value is -2.18. The summed E-state index contributed by atoms with van der Waals surface area (Å²) in [6.07, 6.45) is -4.02. The van der Waals surface area contributed by atoms with Gasteiger partial charge in [0.2, 0.25) is 0 Å². The molecule has 0 bridgehead atoms. The minimum atomic E-state index is -4.56. The van der Waals surface area contributed by atoms with E-state index in [1.807, 2.05) is 4.83 Å². The lowest BCUT2D eigenvalue weighted by Gasteiger charge is -2.11. The molecule has 3 N–H and O–H groups in total. The maximum absolute atomic E-state index is 12.4. The number of carboxylic acids is 1. The molecule has 2 rings (SSSR count). The van der Waals surface area contributed by atoms with Crippen LogP contribution in [0.5, 0.6) is 0 Å². The van der Waals surface area contributed by atoms with Gasteiger partial charge in [-0.15, -0.1) is 4.83 Å². The quantitative estimate of drug-likeness (QED) is 0.618. The van der Waals surface area contributed by atoms with E-state index in [1.54, 1.807) is 0 Å². The second-order valence-electron chi connectivity index (χ2n) is 4.61. The molecular weight excluding hydrogens is 431 g/mol. The van der Waals surface area contributed by atoms with E-state index in [0.29, 0.717) is 6.20 Å². The highest BCUT2D eigenvalue weighted by molar-refractivity contribution is 9.10. The molecule has 12 heteroatoms. The van der Waals surface area contributed by atoms with Gasteiger partial charge in [0, 0.05) is 10.7 Å². The molecule has 25 heavy (non-hydrogen) atoms. The van der Waals surface area contributed by atoms with Gasteiger partial charge < -0.3 is 5.11 Å². The lowest BCUT2D eigenvalue weighted by Crippen LogP contribution is -2.30. The van der Waals surface area contributed by atoms with Crippen LogP contribution in [0.2, 0.25) is 0 Å². The molecule has 134 valence electrons. The number of nitrogens with one attached hydrogen (secondary N) is 2. The van der Waals surface area contributed by atoms with Gasteiger partial charge in [0.25, 0.3) is 10.0 Å². The summed E-state index contributed by atoms with van der Waals surface area (Å²) in [5.74, 6) is -1.50. The molecule has 0 aliphatic heterocycles. The Bertz CT molecular complexity index is 902. The molecule has 2 aromatic rings. The number of hydrogen-bond donors (Lipinski definition) is 3. The van der Waals surface area contributed by atoms with E-state index < -0.39 is 27.7 Å². The molecular formula is C13H9BrF3N3O4S. The van der Waals surface area contributed by atoms with Gasteiger partial charge in [0.15, 0.2) is 0 Å². The zero-order valence-corrected chi connectivity index (χ0v) is 14.4. The molecule has 0 spiro atoms. The molecule has 0 fully saturated rings. The van der Waals surface area contributed by atoms with Crippen molar-refractivity contribution in [2.75, 3.05) is 5.43 Å². The maximum Gasteiger partial charge on any atom is 0.417 e. The minimum Gasteiger partial charge on any atom is -0.478 e. The Morgan fingerprint density at radius 3 is 2.40 bits per heavy atom. The lowest BCUT2D eigenvalue weighted by atomic mass is 10.2. The summed E-state index contributed by atoms with van der Waals surface area (Å²) >= 11 is 2.99. The van der Waals surface area contributed by atoms with Crippen molar-refractivity contribution in [2.24, 2.45) is 0 Å². The number of carboxylic acid groups (broad SMARTS) is 1. The van der Waals surface area contributed by atoms with Crippen molar-refractivity contribution in [1.82, 2.24) is 9.82 Å². The van der Waals surface area contributed by atoms with Gasteiger partial charge in [-0.2, -0.15) is 13.2 Å². The van der Waals surface area contributed by atoms with Crippen molar-refractivity contribution >= 4 is 37.7 Å². The Morgan fingerprint density at radius 1 is 1.20 bits per heavy atom. The lowest BCUT2D eigenvalue weighted by molar-refractivity contribution is -0.137. The summed E-state index contributed by atoms with van der Waals surface area (Å²) in [5.41, 5.74) is 0.912. The van der Waals surface area contributed by atoms with Crippen LogP contribution in [0, 0.1) is 0 Å². The van der Waals surface area contributed by atoms with E-state index in [0.717, 1.165) is 18.2 Å². The Morgan fingerprint density at radius 2 is 1.88 bits per heavy atom. The highest BCUT2D eigenvalue weighted by Crippen LogP contribution is 2.29. The van der Waals surface area contributed by atoms with Crippen molar-refractivity contribution in [3.8, 4) is 0 Å². The second kappa shape index (κ2) is 6.98. The Labute approximate surface area is 148 Å². The van der Waals surface area contributed by atoms with Gasteiger partial charge in [-0.3, -0.25) is 5.43 Å². The van der Waals surface area contributed by atoms with Crippen LogP contribution in [-0.4, -0.2) is 24.5 Å². The molecule has 7 nitrogen and oxygen atoms in total. The number of carbonyl (C=O) groups is 1. The number of aromatic nitrogens is 1. The largest absolute Gasteiger partial charge is 0.478 e. The van der Waals surface area contributed by atoms with E-state index in [-0.39, 0.29) is 20.7 Å². The monoisotopic (exact) mass is 439 g/mol. The summed E-state index contributed by atoms with van der Waals surface area (Å²) in [6.45, 7) is 0. The van der Waals surface area contributed by atoms with Crippen LogP contribution in [-0.2, 0) is 16.2 Å². The van der Waals surface area contributed by atoms with E-state index >= 15 is 0 Å². The van der Waals surface area contributed by atoms with Gasteiger partial charge in [-0.1, -0.05) is 0 Å². The van der Waals surface area contributed by atoms with Crippen molar-refractivity contribution in [2.45, 2.75) is 11.1 Å². The third-order valence-corrected chi connectivity index (χ3v) is 5.11. The molecule has 0 unspecified atom stereocenters. The number of aromatic carboxylic acids is 1. The van der Waals surface area contributed by atoms with Crippen molar-refractivity contribution in [3.63, 3.8) is 0 Å². The number of rotatable bonds is 5. The summed E-state index contributed by atoms with van der Waals surface area (Å²) in [6, 6.07) is 5.04. The number of hydrogen-bond acceptors (Lipinski definition) is 5. The highest BCUT2D eigenvalue weighted by Gasteiger charge is 2.30. The average molecular weight is 440 g/mol. The average Bonchev–Trinajstić information content (AvgIpc) is 2.52. The van der Waals surface area contributed by atoms with Gasteiger partial charge in [0.05, 0.1) is 16.0 Å². The number of halogens is 4. The third kappa shape index (κ3) is 4.67. The minimum absolute atomic E-state index is 0.104. The van der Waals surface area contributed by atoms with Crippen LogP contribution in [0.4, 0.5) is 19.0 Å². The Balaban J connectivity index is 2.20. The van der Waals surface area contributed by atoms with Gasteiger partial charge in [-0.25, -0.2) is 18.2 Å². The molecule has 0 atom stereocenters. The first-order valence-corrected chi connectivity index (χ1v) is 8.62. The van der Waals surface area contributed by atoms with Crippen LogP contribution in [0.3, 0.4) is 0 Å². The number of sulfonamides is 1. The summed E-state index contributed by atoms with van der Waals surface area (Å²) < 4.78 is 61.9. The van der Waals surface area contributed by atoms with Gasteiger partial charge >= 0.3 is 12.1 Å². The molecule has 0 aliphatic carbocycles. The van der Waals surface area contributed by atoms with Crippen molar-refractivity contribution < 1.29 is 31.5 Å². The standard InChI is InChI=1S/C13H9BrF3N3O4S/c14-9-3-1-7(12(21)22)5-10(9)25(23,24)20-19-11-4-2-8(6-18-11)13(15,16)17/h1-6,20H,(H,18,19)(H,21,22). The fourth-order valence-electron chi connectivity index (χ4n) is 1.65. The van der Waals surface area contributed by atoms with Crippen molar-refractivity contribution in [1.29, 1.82) is 0 Å². The van der Waals surface area contributed by atoms with E-state index in [2.05, 4.69) is 26.3 Å². The van der Waals surface area contributed by atoms with Crippen molar-refractivity contribution in [3.05, 3.63) is 52.1 Å². The number of nitrogens with zero attached hydrogens (tertiary/aromatic N) is 1. The van der Waals surface area contributed by atoms with Gasteiger partial charge in [-0.05, 0) is 46.3 Å². The molecule has 1 heterocycles. The first-order chi connectivity index (χ1) is 11.5. The van der Waals surface area contributed by atoms with E-state index in [4.69, 9.17) is 5.11 Å². The van der Waals surface area contributed by atoms with Crippen LogP contribution in [0.15, 0.2) is 45.9 Å². The SMILES string of the molecule is O=C(O)c1ccc(Br)c(S(=O)(=O)NNc2ccc(C(F)(F)F)cn2)c1. The number of alkyl halides is 3. The highest BCUT2D eigenvalue weighted by atomic mass is 79.9. The summed E-state index contributed by atoms with van der Waals surface area (Å²) in [7, 11) is -4.22. The zero-order chi connectivity index (χ0) is 18.8. The van der Waals surface area contributed by atoms with Crippen LogP contribution < -0.4 is 10.3 Å². The number of hydrazine groups is 1. The molecule has 0 saturated heterocycles. The summed E-state index contributed by atoms with van der Waals surface area (Å²) in [5, 5.41) is 8.92. The van der Waals surface area contributed by atoms with E-state index in [1.165, 1.54) is 12.1 Å². The number of pyridine rings is 1. The fraction of sp³-hybridized carbons (Fsp3) is 0.0769. The third-order valence-electron chi connectivity index (χ3n) is 2.87. The molecule has 1 aromatic heterocycles. The van der Waals surface area contributed by atoms with Crippen LogP contribution in [0.1, 0.15) is 15.9 Å².